The van der Waals surface area contributed by atoms with Gasteiger partial charge in [0.05, 0.1) is 10.5 Å². The Balaban J connectivity index is 3.41. The molecule has 0 atom stereocenters. The van der Waals surface area contributed by atoms with E-state index in [0.717, 1.165) is 24.5 Å². The van der Waals surface area contributed by atoms with E-state index in [1.54, 1.807) is 0 Å². The molecule has 0 aromatic heterocycles. The number of aliphatic carboxylic acids is 1. The van der Waals surface area contributed by atoms with Gasteiger partial charge in [0.15, 0.2) is 9.84 Å². The van der Waals surface area contributed by atoms with Crippen molar-refractivity contribution in [2.75, 3.05) is 6.26 Å². The zero-order valence-corrected chi connectivity index (χ0v) is 8.98. The van der Waals surface area contributed by atoms with Crippen LogP contribution in [0.4, 0.5) is 0 Å². The van der Waals surface area contributed by atoms with Gasteiger partial charge in [-0.25, -0.2) is 13.2 Å². The smallest absolute Gasteiger partial charge is 0.377 e. The summed E-state index contributed by atoms with van der Waals surface area (Å²) in [6, 6.07) is 2.89. The van der Waals surface area contributed by atoms with Gasteiger partial charge >= 0.3 is 5.97 Å². The lowest BCUT2D eigenvalue weighted by Gasteiger charge is -2.03. The zero-order chi connectivity index (χ0) is 12.5. The normalized spacial score (nSPS) is 11.1. The number of phenols is 1. The Morgan fingerprint density at radius 2 is 1.81 bits per heavy atom. The molecule has 0 saturated carbocycles. The molecule has 86 valence electrons. The van der Waals surface area contributed by atoms with Crippen molar-refractivity contribution in [3.05, 3.63) is 23.8 Å². The number of hydrogen-bond donors (Lipinski definition) is 2. The highest BCUT2D eigenvalue weighted by molar-refractivity contribution is 7.90. The van der Waals surface area contributed by atoms with Crippen molar-refractivity contribution in [1.82, 2.24) is 0 Å². The average molecular weight is 244 g/mol. The quantitative estimate of drug-likeness (QED) is 0.575. The van der Waals surface area contributed by atoms with E-state index in [-0.39, 0.29) is 4.90 Å². The summed E-state index contributed by atoms with van der Waals surface area (Å²) < 4.78 is 22.3. The van der Waals surface area contributed by atoms with E-state index in [1.807, 2.05) is 0 Å². The molecular weight excluding hydrogens is 236 g/mol. The summed E-state index contributed by atoms with van der Waals surface area (Å²) in [5.74, 6) is -3.69. The summed E-state index contributed by atoms with van der Waals surface area (Å²) in [7, 11) is -3.56. The molecule has 0 bridgehead atoms. The Labute approximate surface area is 91.1 Å². The fourth-order valence-corrected chi connectivity index (χ4v) is 1.69. The fourth-order valence-electron chi connectivity index (χ4n) is 1.04. The molecule has 1 aromatic carbocycles. The van der Waals surface area contributed by atoms with Crippen LogP contribution in [0.5, 0.6) is 5.75 Å². The Kier molecular flexibility index (Phi) is 2.99. The Morgan fingerprint density at radius 1 is 1.25 bits per heavy atom. The number of carbonyl (C=O) groups is 2. The summed E-state index contributed by atoms with van der Waals surface area (Å²) in [4.78, 5) is 21.3. The number of phenolic OH excluding ortho intramolecular Hbond substituents is 1. The summed E-state index contributed by atoms with van der Waals surface area (Å²) in [6.45, 7) is 0. The molecule has 0 amide bonds. The molecule has 0 aliphatic heterocycles. The van der Waals surface area contributed by atoms with E-state index in [9.17, 15) is 23.1 Å². The number of carboxylic acid groups (broad SMARTS) is 1. The molecule has 0 aliphatic carbocycles. The molecule has 16 heavy (non-hydrogen) atoms. The maximum absolute atomic E-state index is 11.1. The Bertz CT molecular complexity index is 557. The van der Waals surface area contributed by atoms with Crippen LogP contribution in [-0.2, 0) is 14.6 Å². The topological polar surface area (TPSA) is 109 Å². The summed E-state index contributed by atoms with van der Waals surface area (Å²) in [5, 5.41) is 17.7. The first kappa shape index (κ1) is 12.2. The number of benzene rings is 1. The van der Waals surface area contributed by atoms with Crippen LogP contribution in [0.2, 0.25) is 0 Å². The second kappa shape index (κ2) is 3.93. The third kappa shape index (κ3) is 2.37. The highest BCUT2D eigenvalue weighted by atomic mass is 32.2. The number of aromatic hydroxyl groups is 1. The average Bonchev–Trinajstić information content (AvgIpc) is 2.15. The first-order valence-corrected chi connectivity index (χ1v) is 5.93. The van der Waals surface area contributed by atoms with Crippen LogP contribution in [0, 0.1) is 0 Å². The van der Waals surface area contributed by atoms with Gasteiger partial charge in [0.1, 0.15) is 5.75 Å². The molecule has 7 heteroatoms. The molecule has 0 heterocycles. The third-order valence-corrected chi connectivity index (χ3v) is 2.95. The highest BCUT2D eigenvalue weighted by Gasteiger charge is 2.20. The number of carboxylic acids is 1. The van der Waals surface area contributed by atoms with Crippen LogP contribution in [-0.4, -0.2) is 36.6 Å². The highest BCUT2D eigenvalue weighted by Crippen LogP contribution is 2.21. The number of carbonyl (C=O) groups excluding carboxylic acids is 1. The number of Topliss-reactive ketones (excluding diaryl/α,β-unsaturated/α-hetero) is 1. The minimum Gasteiger partial charge on any atom is -0.507 e. The van der Waals surface area contributed by atoms with E-state index in [1.165, 1.54) is 0 Å². The van der Waals surface area contributed by atoms with E-state index >= 15 is 0 Å². The number of rotatable bonds is 3. The molecule has 0 saturated heterocycles. The minimum absolute atomic E-state index is 0.227. The van der Waals surface area contributed by atoms with Gasteiger partial charge in [0.25, 0.3) is 5.78 Å². The van der Waals surface area contributed by atoms with Crippen molar-refractivity contribution < 1.29 is 28.2 Å². The lowest BCUT2D eigenvalue weighted by Crippen LogP contribution is -2.13. The van der Waals surface area contributed by atoms with Crippen molar-refractivity contribution in [1.29, 1.82) is 0 Å². The SMILES string of the molecule is CS(=O)(=O)c1ccc(O)c(C(=O)C(=O)O)c1. The molecule has 2 N–H and O–H groups in total. The predicted octanol–water partition coefficient (Wildman–Crippen LogP) is 0.0630. The molecule has 0 aliphatic rings. The second-order valence-corrected chi connectivity index (χ2v) is 5.10. The van der Waals surface area contributed by atoms with Crippen LogP contribution >= 0.6 is 0 Å². The summed E-state index contributed by atoms with van der Waals surface area (Å²) in [5.41, 5.74) is -0.546. The van der Waals surface area contributed by atoms with Gasteiger partial charge in [-0.15, -0.1) is 0 Å². The first-order chi connectivity index (χ1) is 7.23. The number of sulfone groups is 1. The Morgan fingerprint density at radius 3 is 2.25 bits per heavy atom. The molecule has 6 nitrogen and oxygen atoms in total. The van der Waals surface area contributed by atoms with Gasteiger partial charge < -0.3 is 10.2 Å². The van der Waals surface area contributed by atoms with E-state index in [4.69, 9.17) is 5.11 Å². The fraction of sp³-hybridized carbons (Fsp3) is 0.111. The maximum Gasteiger partial charge on any atom is 0.377 e. The van der Waals surface area contributed by atoms with Crippen molar-refractivity contribution in [3.63, 3.8) is 0 Å². The monoisotopic (exact) mass is 244 g/mol. The van der Waals surface area contributed by atoms with Crippen LogP contribution in [0.25, 0.3) is 0 Å². The zero-order valence-electron chi connectivity index (χ0n) is 8.17. The van der Waals surface area contributed by atoms with Crippen LogP contribution < -0.4 is 0 Å². The number of ketones is 1. The molecule has 0 unspecified atom stereocenters. The van der Waals surface area contributed by atoms with Crippen LogP contribution in [0.15, 0.2) is 23.1 Å². The predicted molar refractivity (Wildman–Crippen MR) is 53.2 cm³/mol. The molecule has 1 aromatic rings. The second-order valence-electron chi connectivity index (χ2n) is 3.09. The van der Waals surface area contributed by atoms with Crippen molar-refractivity contribution in [3.8, 4) is 5.75 Å². The first-order valence-electron chi connectivity index (χ1n) is 4.04. The van der Waals surface area contributed by atoms with Crippen molar-refractivity contribution in [2.45, 2.75) is 4.90 Å². The van der Waals surface area contributed by atoms with Crippen LogP contribution in [0.1, 0.15) is 10.4 Å². The van der Waals surface area contributed by atoms with E-state index in [2.05, 4.69) is 0 Å². The van der Waals surface area contributed by atoms with Gasteiger partial charge in [0.2, 0.25) is 0 Å². The molecule has 0 radical (unpaired) electrons. The molecule has 1 rings (SSSR count). The molecule has 0 spiro atoms. The molecule has 0 fully saturated rings. The van der Waals surface area contributed by atoms with Gasteiger partial charge in [0, 0.05) is 6.26 Å². The van der Waals surface area contributed by atoms with Gasteiger partial charge in [-0.3, -0.25) is 4.79 Å². The standard InChI is InChI=1S/C9H8O6S/c1-16(14,15)5-2-3-7(10)6(4-5)8(11)9(12)13/h2-4,10H,1H3,(H,12,13). The van der Waals surface area contributed by atoms with Crippen LogP contribution in [0.3, 0.4) is 0 Å². The van der Waals surface area contributed by atoms with Crippen molar-refractivity contribution in [2.24, 2.45) is 0 Å². The van der Waals surface area contributed by atoms with Gasteiger partial charge in [-0.05, 0) is 18.2 Å². The number of hydrogen-bond acceptors (Lipinski definition) is 5. The summed E-state index contributed by atoms with van der Waals surface area (Å²) in [6.07, 6.45) is 0.911. The van der Waals surface area contributed by atoms with Gasteiger partial charge in [-0.2, -0.15) is 0 Å². The third-order valence-electron chi connectivity index (χ3n) is 1.84. The lowest BCUT2D eigenvalue weighted by molar-refractivity contribution is -0.131. The van der Waals surface area contributed by atoms with Gasteiger partial charge in [-0.1, -0.05) is 0 Å². The van der Waals surface area contributed by atoms with E-state index in [0.29, 0.717) is 0 Å². The van der Waals surface area contributed by atoms with Crippen molar-refractivity contribution >= 4 is 21.6 Å². The maximum atomic E-state index is 11.1. The molecular formula is C9H8O6S. The Hall–Kier alpha value is -1.89. The summed E-state index contributed by atoms with van der Waals surface area (Å²) >= 11 is 0. The van der Waals surface area contributed by atoms with E-state index < -0.39 is 32.9 Å². The minimum atomic E-state index is -3.56. The largest absolute Gasteiger partial charge is 0.507 e. The lowest BCUT2D eigenvalue weighted by atomic mass is 10.1.